The molecule has 0 saturated carbocycles. The van der Waals surface area contributed by atoms with Gasteiger partial charge in [-0.1, -0.05) is 24.3 Å². The Hall–Kier alpha value is -5.10. The summed E-state index contributed by atoms with van der Waals surface area (Å²) in [5.74, 6) is -1.14. The van der Waals surface area contributed by atoms with Gasteiger partial charge in [0.25, 0.3) is 15.9 Å². The van der Waals surface area contributed by atoms with E-state index in [1.807, 2.05) is 12.1 Å². The van der Waals surface area contributed by atoms with E-state index in [2.05, 4.69) is 25.0 Å². The number of nitrogens with one attached hydrogen (secondary N) is 2. The average molecular weight is 530 g/mol. The zero-order valence-electron chi connectivity index (χ0n) is 19.6. The maximum atomic E-state index is 12.8. The highest BCUT2D eigenvalue weighted by atomic mass is 32.2. The maximum Gasteiger partial charge on any atom is 0.339 e. The Bertz CT molecular complexity index is 1690. The summed E-state index contributed by atoms with van der Waals surface area (Å²) in [5.41, 5.74) is 2.16. The molecular weight excluding hydrogens is 510 g/mol. The number of fused-ring (bicyclic) bond motifs is 1. The van der Waals surface area contributed by atoms with Gasteiger partial charge in [0.05, 0.1) is 16.0 Å². The van der Waals surface area contributed by atoms with Gasteiger partial charge >= 0.3 is 5.97 Å². The molecule has 0 radical (unpaired) electrons. The van der Waals surface area contributed by atoms with Crippen molar-refractivity contribution in [3.63, 3.8) is 0 Å². The number of sulfonamides is 1. The number of carbonyl (C=O) groups excluding carboxylic acids is 2. The van der Waals surface area contributed by atoms with Crippen molar-refractivity contribution in [2.24, 2.45) is 0 Å². The predicted octanol–water partition coefficient (Wildman–Crippen LogP) is 3.88. The normalized spacial score (nSPS) is 11.2. The van der Waals surface area contributed by atoms with E-state index in [4.69, 9.17) is 9.15 Å². The summed E-state index contributed by atoms with van der Waals surface area (Å²) in [6.45, 7) is -0.562. The number of hydrogen-bond acceptors (Lipinski definition) is 9. The quantitative estimate of drug-likeness (QED) is 0.285. The van der Waals surface area contributed by atoms with Gasteiger partial charge in [-0.15, -0.1) is 0 Å². The van der Waals surface area contributed by atoms with Crippen LogP contribution in [0, 0.1) is 0 Å². The molecule has 0 aliphatic rings. The summed E-state index contributed by atoms with van der Waals surface area (Å²) in [6, 6.07) is 20.8. The van der Waals surface area contributed by atoms with Crippen molar-refractivity contribution < 1.29 is 27.2 Å². The molecule has 0 aliphatic carbocycles. The minimum absolute atomic E-state index is 0.0508. The van der Waals surface area contributed by atoms with Crippen LogP contribution in [-0.4, -0.2) is 41.9 Å². The van der Waals surface area contributed by atoms with Crippen LogP contribution in [-0.2, 0) is 19.6 Å². The fraction of sp³-hybridized carbons (Fsp3) is 0.0385. The molecule has 0 spiro atoms. The topological polar surface area (TPSA) is 153 Å². The molecule has 2 N–H and O–H groups in total. The molecule has 190 valence electrons. The molecule has 38 heavy (non-hydrogen) atoms. The Morgan fingerprint density at radius 1 is 0.868 bits per heavy atom. The highest BCUT2D eigenvalue weighted by molar-refractivity contribution is 7.92. The zero-order valence-corrected chi connectivity index (χ0v) is 20.4. The molecule has 0 saturated heterocycles. The Labute approximate surface area is 216 Å². The highest BCUT2D eigenvalue weighted by Crippen LogP contribution is 2.27. The molecule has 0 aliphatic heterocycles. The lowest BCUT2D eigenvalue weighted by atomic mass is 10.1. The van der Waals surface area contributed by atoms with Gasteiger partial charge in [0.2, 0.25) is 11.8 Å². The molecule has 11 nitrogen and oxygen atoms in total. The van der Waals surface area contributed by atoms with Crippen LogP contribution in [0.5, 0.6) is 0 Å². The van der Waals surface area contributed by atoms with Gasteiger partial charge in [-0.3, -0.25) is 4.79 Å². The van der Waals surface area contributed by atoms with E-state index in [-0.39, 0.29) is 22.3 Å². The number of nitrogens with zero attached hydrogens (tertiary/aromatic N) is 3. The number of aromatic nitrogens is 3. The van der Waals surface area contributed by atoms with E-state index >= 15 is 0 Å². The van der Waals surface area contributed by atoms with Gasteiger partial charge in [-0.05, 0) is 54.6 Å². The average Bonchev–Trinajstić information content (AvgIpc) is 3.37. The predicted molar refractivity (Wildman–Crippen MR) is 138 cm³/mol. The standard InChI is InChI=1S/C26H19N5O6S/c32-23(29-17-10-12-18(13-11-17)38(34,35)31-26-27-14-5-15-28-26)16-36-25(33)20-7-2-1-6-19(20)24-30-21-8-3-4-9-22(21)37-24/h1-15H,16H2,(H,29,32)(H,27,28,31). The van der Waals surface area contributed by atoms with Crippen molar-refractivity contribution in [2.45, 2.75) is 4.90 Å². The summed E-state index contributed by atoms with van der Waals surface area (Å²) in [7, 11) is -3.92. The van der Waals surface area contributed by atoms with E-state index in [9.17, 15) is 18.0 Å². The molecule has 1 amide bonds. The summed E-state index contributed by atoms with van der Waals surface area (Å²) in [4.78, 5) is 37.2. The summed E-state index contributed by atoms with van der Waals surface area (Å²) in [6.07, 6.45) is 2.81. The van der Waals surface area contributed by atoms with Crippen LogP contribution >= 0.6 is 0 Å². The van der Waals surface area contributed by atoms with Gasteiger partial charge < -0.3 is 14.5 Å². The molecule has 0 atom stereocenters. The smallest absolute Gasteiger partial charge is 0.339 e. The first-order chi connectivity index (χ1) is 18.4. The molecule has 0 unspecified atom stereocenters. The second kappa shape index (κ2) is 10.5. The van der Waals surface area contributed by atoms with Crippen LogP contribution in [0.2, 0.25) is 0 Å². The van der Waals surface area contributed by atoms with Crippen molar-refractivity contribution in [1.29, 1.82) is 0 Å². The van der Waals surface area contributed by atoms with Gasteiger partial charge in [0.1, 0.15) is 5.52 Å². The molecule has 0 fully saturated rings. The number of benzene rings is 3. The minimum Gasteiger partial charge on any atom is -0.452 e. The Morgan fingerprint density at radius 2 is 1.58 bits per heavy atom. The monoisotopic (exact) mass is 529 g/mol. The fourth-order valence-corrected chi connectivity index (χ4v) is 4.45. The van der Waals surface area contributed by atoms with E-state index < -0.39 is 28.5 Å². The van der Waals surface area contributed by atoms with E-state index in [0.717, 1.165) is 0 Å². The number of amides is 1. The second-order valence-corrected chi connectivity index (χ2v) is 9.54. The Balaban J connectivity index is 1.21. The largest absolute Gasteiger partial charge is 0.452 e. The molecule has 2 aromatic heterocycles. The van der Waals surface area contributed by atoms with Crippen molar-refractivity contribution in [2.75, 3.05) is 16.6 Å². The molecule has 0 bridgehead atoms. The summed E-state index contributed by atoms with van der Waals surface area (Å²) < 4.78 is 38.2. The molecule has 5 aromatic rings. The number of ether oxygens (including phenoxy) is 1. The first-order valence-electron chi connectivity index (χ1n) is 11.2. The lowest BCUT2D eigenvalue weighted by molar-refractivity contribution is -0.119. The number of oxazole rings is 1. The van der Waals surface area contributed by atoms with Crippen LogP contribution in [0.4, 0.5) is 11.6 Å². The maximum absolute atomic E-state index is 12.8. The van der Waals surface area contributed by atoms with Crippen LogP contribution in [0.15, 0.2) is 101 Å². The van der Waals surface area contributed by atoms with Crippen LogP contribution < -0.4 is 10.0 Å². The SMILES string of the molecule is O=C(COC(=O)c1ccccc1-c1nc2ccccc2o1)Nc1ccc(S(=O)(=O)Nc2ncccn2)cc1. The van der Waals surface area contributed by atoms with Gasteiger partial charge in [0, 0.05) is 18.1 Å². The van der Waals surface area contributed by atoms with Crippen LogP contribution in [0.25, 0.3) is 22.6 Å². The van der Waals surface area contributed by atoms with Crippen LogP contribution in [0.3, 0.4) is 0 Å². The van der Waals surface area contributed by atoms with Gasteiger partial charge in [-0.25, -0.2) is 32.9 Å². The first-order valence-corrected chi connectivity index (χ1v) is 12.7. The third-order valence-electron chi connectivity index (χ3n) is 5.25. The second-order valence-electron chi connectivity index (χ2n) is 7.86. The molecule has 12 heteroatoms. The Kier molecular flexibility index (Phi) is 6.78. The van der Waals surface area contributed by atoms with Crippen LogP contribution in [0.1, 0.15) is 10.4 Å². The number of para-hydroxylation sites is 2. The number of anilines is 2. The lowest BCUT2D eigenvalue weighted by Gasteiger charge is -2.10. The third kappa shape index (κ3) is 5.50. The molecule has 2 heterocycles. The zero-order chi connectivity index (χ0) is 26.5. The summed E-state index contributed by atoms with van der Waals surface area (Å²) in [5, 5.41) is 2.55. The number of carbonyl (C=O) groups is 2. The van der Waals surface area contributed by atoms with E-state index in [0.29, 0.717) is 22.4 Å². The Morgan fingerprint density at radius 3 is 2.34 bits per heavy atom. The lowest BCUT2D eigenvalue weighted by Crippen LogP contribution is -2.21. The molecular formula is C26H19N5O6S. The fourth-order valence-electron chi connectivity index (χ4n) is 3.49. The van der Waals surface area contributed by atoms with Crippen molar-refractivity contribution in [3.8, 4) is 11.5 Å². The third-order valence-corrected chi connectivity index (χ3v) is 6.59. The van der Waals surface area contributed by atoms with Crippen molar-refractivity contribution in [1.82, 2.24) is 15.0 Å². The van der Waals surface area contributed by atoms with E-state index in [1.165, 1.54) is 36.7 Å². The number of rotatable bonds is 8. The number of hydrogen-bond donors (Lipinski definition) is 2. The van der Waals surface area contributed by atoms with Crippen molar-refractivity contribution >= 4 is 44.6 Å². The molecule has 3 aromatic carbocycles. The van der Waals surface area contributed by atoms with Gasteiger partial charge in [-0.2, -0.15) is 0 Å². The minimum atomic E-state index is -3.92. The van der Waals surface area contributed by atoms with Gasteiger partial charge in [0.15, 0.2) is 12.2 Å². The van der Waals surface area contributed by atoms with Crippen molar-refractivity contribution in [3.05, 3.63) is 96.8 Å². The van der Waals surface area contributed by atoms with E-state index in [1.54, 1.807) is 42.5 Å². The summed E-state index contributed by atoms with van der Waals surface area (Å²) >= 11 is 0. The number of esters is 1. The first kappa shape index (κ1) is 24.6. The highest BCUT2D eigenvalue weighted by Gasteiger charge is 2.19. The molecule has 5 rings (SSSR count).